The van der Waals surface area contributed by atoms with Crippen molar-refractivity contribution in [2.75, 3.05) is 26.7 Å². The highest BCUT2D eigenvalue weighted by Crippen LogP contribution is 2.19. The van der Waals surface area contributed by atoms with Gasteiger partial charge in [0.05, 0.1) is 18.8 Å². The molecule has 0 aromatic carbocycles. The molecule has 3 rings (SSSR count). The number of rotatable bonds is 7. The molecular formula is C21H34IN5OS. The topological polar surface area (TPSA) is 65.7 Å². The summed E-state index contributed by atoms with van der Waals surface area (Å²) in [6.07, 6.45) is 3.48. The normalized spacial score (nSPS) is 15.9. The van der Waals surface area contributed by atoms with Crippen LogP contribution in [-0.4, -0.2) is 42.5 Å². The van der Waals surface area contributed by atoms with Gasteiger partial charge in [0, 0.05) is 23.3 Å². The first-order valence-electron chi connectivity index (χ1n) is 10.2. The van der Waals surface area contributed by atoms with Gasteiger partial charge in [-0.3, -0.25) is 9.89 Å². The third-order valence-corrected chi connectivity index (χ3v) is 6.65. The van der Waals surface area contributed by atoms with Gasteiger partial charge in [-0.2, -0.15) is 0 Å². The zero-order valence-corrected chi connectivity index (χ0v) is 21.1. The lowest BCUT2D eigenvalue weighted by molar-refractivity contribution is 0.164. The summed E-state index contributed by atoms with van der Waals surface area (Å²) in [5.41, 5.74) is 1.00. The molecule has 2 aromatic heterocycles. The molecule has 2 N–H and O–H groups in total. The lowest BCUT2D eigenvalue weighted by Gasteiger charge is -2.31. The standard InChI is InChI=1S/C21H33N5OS.HI/c1-5-18-6-7-19(28-18)13-24-21(22-4)23-12-17-8-10-26(11-9-17)14-20-25-15(2)16(3)27-20;/h6-7,17H,5,8-14H2,1-4H3,(H2,22,23,24);1H. The van der Waals surface area contributed by atoms with Crippen LogP contribution in [0.25, 0.3) is 0 Å². The number of piperidine rings is 1. The molecule has 1 saturated heterocycles. The highest BCUT2D eigenvalue weighted by molar-refractivity contribution is 14.0. The summed E-state index contributed by atoms with van der Waals surface area (Å²) in [4.78, 5) is 14.1. The molecule has 29 heavy (non-hydrogen) atoms. The van der Waals surface area contributed by atoms with Crippen LogP contribution in [0.3, 0.4) is 0 Å². The molecule has 0 amide bonds. The van der Waals surface area contributed by atoms with Gasteiger partial charge in [0.25, 0.3) is 0 Å². The molecule has 6 nitrogen and oxygen atoms in total. The van der Waals surface area contributed by atoms with E-state index < -0.39 is 0 Å². The number of hydrogen-bond acceptors (Lipinski definition) is 5. The van der Waals surface area contributed by atoms with Crippen LogP contribution in [0.15, 0.2) is 21.5 Å². The van der Waals surface area contributed by atoms with Crippen LogP contribution in [0.1, 0.15) is 46.9 Å². The Morgan fingerprint density at radius 3 is 2.55 bits per heavy atom. The number of hydrogen-bond donors (Lipinski definition) is 2. The molecule has 0 aliphatic carbocycles. The van der Waals surface area contributed by atoms with Crippen molar-refractivity contribution in [3.05, 3.63) is 39.2 Å². The van der Waals surface area contributed by atoms with Crippen LogP contribution < -0.4 is 10.6 Å². The van der Waals surface area contributed by atoms with Crippen LogP contribution in [0.2, 0.25) is 0 Å². The fraction of sp³-hybridized carbons (Fsp3) is 0.619. The number of aliphatic imine (C=N–C) groups is 1. The first-order chi connectivity index (χ1) is 13.6. The predicted octanol–water partition coefficient (Wildman–Crippen LogP) is 4.11. The maximum atomic E-state index is 5.72. The van der Waals surface area contributed by atoms with Crippen molar-refractivity contribution in [1.29, 1.82) is 0 Å². The van der Waals surface area contributed by atoms with Crippen LogP contribution in [-0.2, 0) is 19.5 Å². The summed E-state index contributed by atoms with van der Waals surface area (Å²) in [6, 6.07) is 4.42. The zero-order chi connectivity index (χ0) is 19.9. The molecule has 0 atom stereocenters. The Labute approximate surface area is 195 Å². The quantitative estimate of drug-likeness (QED) is 0.320. The van der Waals surface area contributed by atoms with Crippen molar-refractivity contribution in [1.82, 2.24) is 20.5 Å². The fourth-order valence-electron chi connectivity index (χ4n) is 3.49. The third kappa shape index (κ3) is 7.25. The zero-order valence-electron chi connectivity index (χ0n) is 18.0. The lowest BCUT2D eigenvalue weighted by Crippen LogP contribution is -2.42. The van der Waals surface area contributed by atoms with E-state index in [-0.39, 0.29) is 24.0 Å². The van der Waals surface area contributed by atoms with Gasteiger partial charge in [-0.05, 0) is 64.3 Å². The average molecular weight is 532 g/mol. The number of aryl methyl sites for hydroxylation is 3. The predicted molar refractivity (Wildman–Crippen MR) is 131 cm³/mol. The van der Waals surface area contributed by atoms with Crippen molar-refractivity contribution >= 4 is 41.3 Å². The van der Waals surface area contributed by atoms with E-state index in [0.717, 1.165) is 62.4 Å². The highest BCUT2D eigenvalue weighted by atomic mass is 127. The Hall–Kier alpha value is -1.13. The van der Waals surface area contributed by atoms with E-state index in [1.54, 1.807) is 0 Å². The van der Waals surface area contributed by atoms with Gasteiger partial charge in [0.2, 0.25) is 5.89 Å². The van der Waals surface area contributed by atoms with E-state index in [4.69, 9.17) is 4.42 Å². The Morgan fingerprint density at radius 2 is 1.97 bits per heavy atom. The second-order valence-corrected chi connectivity index (χ2v) is 8.75. The van der Waals surface area contributed by atoms with Gasteiger partial charge in [0.1, 0.15) is 5.76 Å². The first kappa shape index (κ1) is 24.1. The molecule has 0 radical (unpaired) electrons. The maximum absolute atomic E-state index is 5.72. The number of aromatic nitrogens is 1. The number of oxazole rings is 1. The third-order valence-electron chi connectivity index (χ3n) is 5.42. The Bertz CT molecular complexity index is 760. The van der Waals surface area contributed by atoms with Gasteiger partial charge < -0.3 is 15.1 Å². The average Bonchev–Trinajstić information content (AvgIpc) is 3.29. The number of likely N-dealkylation sites (tertiary alicyclic amines) is 1. The number of thiophene rings is 1. The monoisotopic (exact) mass is 531 g/mol. The second kappa shape index (κ2) is 11.9. The number of nitrogens with one attached hydrogen (secondary N) is 2. The molecule has 162 valence electrons. The molecular weight excluding hydrogens is 497 g/mol. The van der Waals surface area contributed by atoms with Crippen LogP contribution >= 0.6 is 35.3 Å². The molecule has 3 heterocycles. The Morgan fingerprint density at radius 1 is 1.24 bits per heavy atom. The SMILES string of the molecule is CCc1ccc(CNC(=NC)NCC2CCN(Cc3nc(C)c(C)o3)CC2)s1.I. The van der Waals surface area contributed by atoms with E-state index in [1.807, 2.05) is 32.2 Å². The molecule has 1 aliphatic rings. The van der Waals surface area contributed by atoms with E-state index in [9.17, 15) is 0 Å². The van der Waals surface area contributed by atoms with E-state index in [0.29, 0.717) is 5.92 Å². The van der Waals surface area contributed by atoms with E-state index in [2.05, 4.69) is 44.6 Å². The van der Waals surface area contributed by atoms with Crippen molar-refractivity contribution < 1.29 is 4.42 Å². The summed E-state index contributed by atoms with van der Waals surface area (Å²) in [7, 11) is 1.84. The first-order valence-corrected chi connectivity index (χ1v) is 11.1. The fourth-order valence-corrected chi connectivity index (χ4v) is 4.38. The molecule has 1 fully saturated rings. The summed E-state index contributed by atoms with van der Waals surface area (Å²) in [5, 5.41) is 6.93. The summed E-state index contributed by atoms with van der Waals surface area (Å²) in [5.74, 6) is 3.34. The highest BCUT2D eigenvalue weighted by Gasteiger charge is 2.21. The van der Waals surface area contributed by atoms with Crippen LogP contribution in [0.4, 0.5) is 0 Å². The van der Waals surface area contributed by atoms with Crippen molar-refractivity contribution in [2.24, 2.45) is 10.9 Å². The Balaban J connectivity index is 0.00000300. The van der Waals surface area contributed by atoms with Gasteiger partial charge in [-0.1, -0.05) is 6.92 Å². The largest absolute Gasteiger partial charge is 0.444 e. The van der Waals surface area contributed by atoms with Crippen molar-refractivity contribution in [3.63, 3.8) is 0 Å². The molecule has 8 heteroatoms. The summed E-state index contributed by atoms with van der Waals surface area (Å²) in [6.45, 7) is 11.0. The molecule has 0 saturated carbocycles. The second-order valence-electron chi connectivity index (χ2n) is 7.50. The molecule has 1 aliphatic heterocycles. The van der Waals surface area contributed by atoms with Gasteiger partial charge in [0.15, 0.2) is 5.96 Å². The molecule has 0 bridgehead atoms. The maximum Gasteiger partial charge on any atom is 0.208 e. The van der Waals surface area contributed by atoms with E-state index in [1.165, 1.54) is 22.6 Å². The molecule has 0 spiro atoms. The minimum atomic E-state index is 0. The smallest absolute Gasteiger partial charge is 0.208 e. The van der Waals surface area contributed by atoms with Crippen LogP contribution in [0, 0.1) is 19.8 Å². The van der Waals surface area contributed by atoms with Gasteiger partial charge in [-0.15, -0.1) is 35.3 Å². The minimum Gasteiger partial charge on any atom is -0.444 e. The molecule has 2 aromatic rings. The number of halogens is 1. The van der Waals surface area contributed by atoms with Gasteiger partial charge in [-0.25, -0.2) is 4.98 Å². The van der Waals surface area contributed by atoms with E-state index >= 15 is 0 Å². The van der Waals surface area contributed by atoms with Crippen molar-refractivity contribution in [3.8, 4) is 0 Å². The Kier molecular flexibility index (Phi) is 9.91. The summed E-state index contributed by atoms with van der Waals surface area (Å²) >= 11 is 1.87. The minimum absolute atomic E-state index is 0. The number of guanidine groups is 1. The number of nitrogens with zero attached hydrogens (tertiary/aromatic N) is 3. The van der Waals surface area contributed by atoms with Crippen molar-refractivity contribution in [2.45, 2.75) is 53.1 Å². The van der Waals surface area contributed by atoms with Gasteiger partial charge >= 0.3 is 0 Å². The molecule has 0 unspecified atom stereocenters. The lowest BCUT2D eigenvalue weighted by atomic mass is 9.97. The van der Waals surface area contributed by atoms with Crippen LogP contribution in [0.5, 0.6) is 0 Å². The summed E-state index contributed by atoms with van der Waals surface area (Å²) < 4.78 is 5.72.